The fourth-order valence-corrected chi connectivity index (χ4v) is 9.22. The summed E-state index contributed by atoms with van der Waals surface area (Å²) in [5.41, 5.74) is 6.16. The van der Waals surface area contributed by atoms with Gasteiger partial charge in [0.05, 0.1) is 48.7 Å². The van der Waals surface area contributed by atoms with Crippen LogP contribution >= 0.6 is 0 Å². The number of imidazole rings is 2. The lowest BCUT2D eigenvalue weighted by molar-refractivity contribution is -0.135. The molecule has 0 radical (unpaired) electrons. The van der Waals surface area contributed by atoms with Crippen LogP contribution in [-0.4, -0.2) is 92.9 Å². The van der Waals surface area contributed by atoms with Crippen molar-refractivity contribution >= 4 is 39.9 Å². The molecule has 2 saturated heterocycles. The third-order valence-corrected chi connectivity index (χ3v) is 12.1. The standard InChI is InChI=1S/C44H51N7O7/c1-22(2)37(49-42(53)56-7)41(52)50-19-23(20-55-6)12-34(50)39-45-18-32(47-39)25-8-10-28-27(13-25)21-57-36-17-29-24(14-30(28)36)9-11-31-38(29)48-40(46-31)35-16-26-15-33(26)51(35)43(54)58-44(3,4)5/h8-11,13-14,17-18,22-23,26,33-35,37H,12,15-16,19-21H2,1-7H3,(H,45,47)(H,46,48)(H,49,53)/t23?,26-,33-,34+,35+,37+/m1/s1. The number of aromatic nitrogens is 4. The van der Waals surface area contributed by atoms with Gasteiger partial charge in [0, 0.05) is 36.6 Å². The van der Waals surface area contributed by atoms with Crippen LogP contribution < -0.4 is 10.1 Å². The highest BCUT2D eigenvalue weighted by Gasteiger charge is 2.56. The number of H-pyrrole nitrogens is 2. The average Bonchev–Trinajstić information content (AvgIpc) is 3.66. The maximum atomic E-state index is 13.9. The van der Waals surface area contributed by atoms with Gasteiger partial charge in [-0.25, -0.2) is 19.6 Å². The molecule has 5 aromatic rings. The van der Waals surface area contributed by atoms with E-state index in [-0.39, 0.29) is 42.0 Å². The molecule has 0 bridgehead atoms. The molecule has 1 unspecified atom stereocenters. The molecule has 3 aliphatic heterocycles. The lowest BCUT2D eigenvalue weighted by atomic mass is 9.92. The highest BCUT2D eigenvalue weighted by atomic mass is 16.6. The first kappa shape index (κ1) is 37.9. The summed E-state index contributed by atoms with van der Waals surface area (Å²) in [6.07, 6.45) is 3.46. The van der Waals surface area contributed by atoms with Gasteiger partial charge in [-0.2, -0.15) is 0 Å². The summed E-state index contributed by atoms with van der Waals surface area (Å²) in [6, 6.07) is 13.8. The van der Waals surface area contributed by atoms with E-state index in [9.17, 15) is 14.4 Å². The van der Waals surface area contributed by atoms with Crippen molar-refractivity contribution in [1.82, 2.24) is 35.1 Å². The quantitative estimate of drug-likeness (QED) is 0.143. The van der Waals surface area contributed by atoms with Crippen LogP contribution in [0.1, 0.15) is 83.2 Å². The number of nitrogens with one attached hydrogen (secondary N) is 3. The molecular formula is C44H51N7O7. The highest BCUT2D eigenvalue weighted by molar-refractivity contribution is 6.07. The summed E-state index contributed by atoms with van der Waals surface area (Å²) >= 11 is 0. The predicted molar refractivity (Wildman–Crippen MR) is 217 cm³/mol. The Balaban J connectivity index is 0.975. The topological polar surface area (TPSA) is 164 Å². The molecule has 304 valence electrons. The first-order valence-electron chi connectivity index (χ1n) is 20.2. The number of rotatable bonds is 8. The highest BCUT2D eigenvalue weighted by Crippen LogP contribution is 2.54. The van der Waals surface area contributed by atoms with Crippen LogP contribution in [0.4, 0.5) is 9.59 Å². The minimum Gasteiger partial charge on any atom is -0.488 e. The molecule has 14 heteroatoms. The van der Waals surface area contributed by atoms with E-state index in [4.69, 9.17) is 28.9 Å². The zero-order valence-electron chi connectivity index (χ0n) is 34.0. The molecular weight excluding hydrogens is 739 g/mol. The van der Waals surface area contributed by atoms with E-state index in [1.54, 1.807) is 7.11 Å². The first-order valence-corrected chi connectivity index (χ1v) is 20.2. The Morgan fingerprint density at radius 1 is 0.983 bits per heavy atom. The van der Waals surface area contributed by atoms with Crippen LogP contribution in [0.25, 0.3) is 44.2 Å². The number of hydrogen-bond donors (Lipinski definition) is 3. The molecule has 6 atom stereocenters. The van der Waals surface area contributed by atoms with Crippen LogP contribution in [0.3, 0.4) is 0 Å². The molecule has 58 heavy (non-hydrogen) atoms. The van der Waals surface area contributed by atoms with E-state index in [1.165, 1.54) is 7.11 Å². The van der Waals surface area contributed by atoms with Crippen molar-refractivity contribution < 1.29 is 33.3 Å². The second-order valence-electron chi connectivity index (χ2n) is 17.6. The molecule has 1 saturated carbocycles. The Bertz CT molecular complexity index is 2430. The molecule has 5 heterocycles. The molecule has 2 aromatic heterocycles. The summed E-state index contributed by atoms with van der Waals surface area (Å²) in [5, 5.41) is 4.76. The minimum atomic E-state index is -0.742. The van der Waals surface area contributed by atoms with E-state index in [0.717, 1.165) is 74.2 Å². The number of hydrogen-bond acceptors (Lipinski definition) is 9. The van der Waals surface area contributed by atoms with Crippen LogP contribution in [0.2, 0.25) is 0 Å². The number of amides is 3. The van der Waals surface area contributed by atoms with Gasteiger partial charge in [-0.05, 0) is 98.2 Å². The zero-order chi connectivity index (χ0) is 40.6. The number of likely N-dealkylation sites (tertiary alicyclic amines) is 2. The number of carbonyl (C=O) groups is 3. The van der Waals surface area contributed by atoms with E-state index in [0.29, 0.717) is 37.9 Å². The number of methoxy groups -OCH3 is 2. The maximum Gasteiger partial charge on any atom is 0.411 e. The third-order valence-electron chi connectivity index (χ3n) is 12.1. The maximum absolute atomic E-state index is 13.9. The Morgan fingerprint density at radius 3 is 2.57 bits per heavy atom. The first-order chi connectivity index (χ1) is 27.8. The fraction of sp³-hybridized carbons (Fsp3) is 0.477. The number of fused-ring (bicyclic) bond motifs is 7. The Labute approximate surface area is 337 Å². The second-order valence-corrected chi connectivity index (χ2v) is 17.6. The lowest BCUT2D eigenvalue weighted by Crippen LogP contribution is -2.51. The van der Waals surface area contributed by atoms with Crippen LogP contribution in [-0.2, 0) is 25.6 Å². The van der Waals surface area contributed by atoms with Crippen LogP contribution in [0.5, 0.6) is 5.75 Å². The smallest absolute Gasteiger partial charge is 0.411 e. The van der Waals surface area contributed by atoms with Gasteiger partial charge >= 0.3 is 12.2 Å². The number of aromatic amines is 2. The van der Waals surface area contributed by atoms with Crippen molar-refractivity contribution in [3.05, 3.63) is 65.9 Å². The summed E-state index contributed by atoms with van der Waals surface area (Å²) < 4.78 is 22.5. The number of carbonyl (C=O) groups excluding carboxylic acids is 3. The lowest BCUT2D eigenvalue weighted by Gasteiger charge is -2.30. The van der Waals surface area contributed by atoms with E-state index < -0.39 is 17.7 Å². The van der Waals surface area contributed by atoms with Gasteiger partial charge in [0.25, 0.3) is 0 Å². The van der Waals surface area contributed by atoms with Crippen LogP contribution in [0, 0.1) is 17.8 Å². The molecule has 3 fully saturated rings. The van der Waals surface area contributed by atoms with Crippen molar-refractivity contribution in [2.45, 2.75) is 90.3 Å². The molecule has 1 aliphatic carbocycles. The average molecular weight is 790 g/mol. The SMILES string of the molecule is COCC1C[C@@H](c2ncc(-c3ccc4c(c3)COc3cc5c(ccc6[nH]c([C@@H]7C[C@H]8C[C@H]8N7C(=O)OC(C)(C)C)nc65)cc3-4)[nH]2)N(C(=O)[C@@H](NC(=O)OC)C(C)C)C1. The zero-order valence-corrected chi connectivity index (χ0v) is 34.0. The fourth-order valence-electron chi connectivity index (χ4n) is 9.22. The Kier molecular flexibility index (Phi) is 9.37. The van der Waals surface area contributed by atoms with Crippen molar-refractivity contribution in [2.24, 2.45) is 17.8 Å². The third kappa shape index (κ3) is 6.80. The van der Waals surface area contributed by atoms with Crippen molar-refractivity contribution in [3.63, 3.8) is 0 Å². The summed E-state index contributed by atoms with van der Waals surface area (Å²) in [5.74, 6) is 2.55. The van der Waals surface area contributed by atoms with E-state index in [2.05, 4.69) is 57.7 Å². The molecule has 3 aromatic carbocycles. The summed E-state index contributed by atoms with van der Waals surface area (Å²) in [4.78, 5) is 60.0. The van der Waals surface area contributed by atoms with Gasteiger partial charge in [-0.1, -0.05) is 32.0 Å². The molecule has 14 nitrogen and oxygen atoms in total. The minimum absolute atomic E-state index is 0.119. The Morgan fingerprint density at radius 2 is 1.81 bits per heavy atom. The van der Waals surface area contributed by atoms with Crippen molar-refractivity contribution in [3.8, 4) is 28.1 Å². The molecule has 0 spiro atoms. The molecule has 4 aliphatic rings. The largest absolute Gasteiger partial charge is 0.488 e. The molecule has 9 rings (SSSR count). The van der Waals surface area contributed by atoms with Gasteiger partial charge < -0.3 is 39.1 Å². The van der Waals surface area contributed by atoms with Gasteiger partial charge in [0.15, 0.2) is 0 Å². The Hall–Kier alpha value is -5.63. The van der Waals surface area contributed by atoms with Gasteiger partial charge in [-0.15, -0.1) is 0 Å². The number of benzene rings is 3. The number of piperidine rings is 1. The predicted octanol–water partition coefficient (Wildman–Crippen LogP) is 7.65. The molecule has 3 amide bonds. The summed E-state index contributed by atoms with van der Waals surface area (Å²) in [7, 11) is 2.95. The second kappa shape index (κ2) is 14.3. The van der Waals surface area contributed by atoms with Gasteiger partial charge in [0.1, 0.15) is 35.6 Å². The number of ether oxygens (including phenoxy) is 4. The van der Waals surface area contributed by atoms with Crippen molar-refractivity contribution in [2.75, 3.05) is 27.4 Å². The molecule has 3 N–H and O–H groups in total. The van der Waals surface area contributed by atoms with Gasteiger partial charge in [-0.3, -0.25) is 9.69 Å². The van der Waals surface area contributed by atoms with Crippen molar-refractivity contribution in [1.29, 1.82) is 0 Å². The monoisotopic (exact) mass is 789 g/mol. The number of nitrogens with zero attached hydrogens (tertiary/aromatic N) is 4. The van der Waals surface area contributed by atoms with Crippen LogP contribution in [0.15, 0.2) is 48.7 Å². The van der Waals surface area contributed by atoms with E-state index >= 15 is 0 Å². The summed E-state index contributed by atoms with van der Waals surface area (Å²) in [6.45, 7) is 10.9. The van der Waals surface area contributed by atoms with E-state index in [1.807, 2.05) is 50.6 Å². The normalized spacial score (nSPS) is 22.7. The van der Waals surface area contributed by atoms with Gasteiger partial charge in [0.2, 0.25) is 5.91 Å². The number of alkyl carbamates (subject to hydrolysis) is 1.